The van der Waals surface area contributed by atoms with Crippen LogP contribution in [0.3, 0.4) is 0 Å². The van der Waals surface area contributed by atoms with Gasteiger partial charge in [0.05, 0.1) is 10.8 Å². The fourth-order valence-corrected chi connectivity index (χ4v) is 13.8. The molecule has 5 amide bonds. The lowest BCUT2D eigenvalue weighted by atomic mass is 9.73. The van der Waals surface area contributed by atoms with E-state index in [1.807, 2.05) is 41.5 Å². The van der Waals surface area contributed by atoms with Crippen molar-refractivity contribution in [3.8, 4) is 0 Å². The van der Waals surface area contributed by atoms with Gasteiger partial charge in [-0.3, -0.25) is 33.6 Å². The van der Waals surface area contributed by atoms with E-state index < -0.39 is 55.7 Å². The highest BCUT2D eigenvalue weighted by molar-refractivity contribution is 7.91. The Morgan fingerprint density at radius 3 is 2.00 bits per heavy atom. The minimum absolute atomic E-state index is 0.000382. The minimum Gasteiger partial charge on any atom is -0.343 e. The van der Waals surface area contributed by atoms with E-state index in [2.05, 4.69) is 39.4 Å². The Hall–Kier alpha value is -2.74. The quantitative estimate of drug-likeness (QED) is 0.193. The zero-order valence-electron chi connectivity index (χ0n) is 37.4. The summed E-state index contributed by atoms with van der Waals surface area (Å²) in [6.07, 6.45) is 11.8. The number of fused-ring (bicyclic) bond motifs is 1. The maximum Gasteiger partial charge on any atom is 0.259 e. The van der Waals surface area contributed by atoms with Crippen LogP contribution >= 0.6 is 0 Å². The molecule has 5 aliphatic carbocycles. The van der Waals surface area contributed by atoms with Crippen molar-refractivity contribution in [1.29, 1.82) is 0 Å². The highest BCUT2D eigenvalue weighted by Crippen LogP contribution is 2.88. The molecule has 14 heteroatoms. The van der Waals surface area contributed by atoms with E-state index in [-0.39, 0.29) is 57.8 Å². The molecule has 7 aliphatic rings. The fourth-order valence-electron chi connectivity index (χ4n) is 12.5. The lowest BCUT2D eigenvalue weighted by Gasteiger charge is -2.38. The van der Waals surface area contributed by atoms with Gasteiger partial charge in [-0.05, 0) is 125 Å². The molecule has 4 N–H and O–H groups in total. The number of nitrogens with one attached hydrogen (secondary N) is 4. The number of carbonyl (C=O) groups excluding carboxylic acids is 5. The third kappa shape index (κ3) is 7.43. The van der Waals surface area contributed by atoms with Crippen LogP contribution in [0.15, 0.2) is 0 Å². The van der Waals surface area contributed by atoms with Crippen molar-refractivity contribution in [3.63, 3.8) is 0 Å². The average Bonchev–Trinajstić information content (AvgIpc) is 4.00. The van der Waals surface area contributed by atoms with E-state index in [0.29, 0.717) is 38.6 Å². The molecule has 0 aromatic carbocycles. The van der Waals surface area contributed by atoms with Crippen molar-refractivity contribution in [2.45, 2.75) is 193 Å². The van der Waals surface area contributed by atoms with Crippen LogP contribution in [0.4, 0.5) is 0 Å². The number of likely N-dealkylation sites (tertiary alicyclic amines) is 2. The second-order valence-corrected chi connectivity index (χ2v) is 24.4. The lowest BCUT2D eigenvalue weighted by molar-refractivity contribution is -0.145. The molecule has 5 saturated carbocycles. The minimum atomic E-state index is -3.95. The van der Waals surface area contributed by atoms with Crippen LogP contribution < -0.4 is 20.7 Å². The lowest BCUT2D eigenvalue weighted by Crippen LogP contribution is -2.63. The first kappa shape index (κ1) is 44.3. The van der Waals surface area contributed by atoms with Crippen LogP contribution in [0.5, 0.6) is 0 Å². The molecule has 13 nitrogen and oxygen atoms in total. The largest absolute Gasteiger partial charge is 0.343 e. The van der Waals surface area contributed by atoms with Crippen LogP contribution in [-0.2, 0) is 34.0 Å². The van der Waals surface area contributed by atoms with Crippen molar-refractivity contribution in [2.24, 2.45) is 39.4 Å². The van der Waals surface area contributed by atoms with Crippen molar-refractivity contribution < 1.29 is 32.4 Å². The SMILES string of the molecule is CCN1CCC[C@H]1C(=O)N[C@H](C(=O)N[C@H](C(=O)N1C[C@]2(C[C@H]1C(=O)N[C@]1(C(=O)NS(=O)(=O)C3(C)CC3)C[C@H]1CC(C)C)C(C)(C)C21CCC1)C(C)(C)C)C1CCCCC1. The molecule has 0 radical (unpaired) electrons. The van der Waals surface area contributed by atoms with E-state index in [1.54, 1.807) is 11.8 Å². The van der Waals surface area contributed by atoms with E-state index >= 15 is 4.79 Å². The Morgan fingerprint density at radius 1 is 0.797 bits per heavy atom. The molecule has 7 rings (SSSR count). The van der Waals surface area contributed by atoms with E-state index in [4.69, 9.17) is 0 Å². The molecule has 59 heavy (non-hydrogen) atoms. The molecule has 2 spiro atoms. The summed E-state index contributed by atoms with van der Waals surface area (Å²) >= 11 is 0. The predicted molar refractivity (Wildman–Crippen MR) is 226 cm³/mol. The van der Waals surface area contributed by atoms with E-state index in [1.165, 1.54) is 0 Å². The maximum absolute atomic E-state index is 15.3. The van der Waals surface area contributed by atoms with Crippen LogP contribution in [0.2, 0.25) is 0 Å². The monoisotopic (exact) mass is 843 g/mol. The topological polar surface area (TPSA) is 174 Å². The van der Waals surface area contributed by atoms with Crippen molar-refractivity contribution in [1.82, 2.24) is 30.5 Å². The first-order valence-electron chi connectivity index (χ1n) is 23.0. The van der Waals surface area contributed by atoms with Gasteiger partial charge in [-0.15, -0.1) is 0 Å². The van der Waals surface area contributed by atoms with Gasteiger partial charge in [-0.2, -0.15) is 0 Å². The number of nitrogens with zero attached hydrogens (tertiary/aromatic N) is 2. The third-order valence-corrected chi connectivity index (χ3v) is 19.2. The summed E-state index contributed by atoms with van der Waals surface area (Å²) in [4.78, 5) is 76.6. The summed E-state index contributed by atoms with van der Waals surface area (Å²) in [7, 11) is -3.95. The summed E-state index contributed by atoms with van der Waals surface area (Å²) in [5.74, 6) is -2.09. The molecule has 332 valence electrons. The molecular formula is C45H74N6O7S. The Morgan fingerprint density at radius 2 is 1.46 bits per heavy atom. The standard InChI is InChI=1S/C45H74N6O7S/c1-10-50-23-14-18-31(50)35(52)46-33(29-16-12-11-13-17-29)37(54)47-34(40(4,5)6)38(55)51-27-44(41(7,8)43(44)19-15-20-43)26-32(51)36(53)48-45(25-30(45)24-28(2)3)39(56)49-59(57,58)42(9)21-22-42/h28-34H,10-27H2,1-9H3,(H,46,52)(H,47,54)(H,48,53)(H,49,56)/t30-,31+,32+,33+,34-,44-,45-/m1/s1. The van der Waals surface area contributed by atoms with Gasteiger partial charge in [0.15, 0.2) is 0 Å². The first-order valence-corrected chi connectivity index (χ1v) is 24.5. The van der Waals surface area contributed by atoms with Crippen LogP contribution in [-0.4, -0.2) is 102 Å². The Kier molecular flexibility index (Phi) is 11.5. The Labute approximate surface area is 353 Å². The molecule has 0 aromatic heterocycles. The fraction of sp³-hybridized carbons (Fsp3) is 0.889. The molecular weight excluding hydrogens is 769 g/mol. The smallest absolute Gasteiger partial charge is 0.259 e. The zero-order valence-corrected chi connectivity index (χ0v) is 38.2. The van der Waals surface area contributed by atoms with Gasteiger partial charge in [0.1, 0.15) is 23.7 Å². The molecule has 7 atom stereocenters. The number of sulfonamides is 1. The van der Waals surface area contributed by atoms with Crippen molar-refractivity contribution >= 4 is 39.6 Å². The summed E-state index contributed by atoms with van der Waals surface area (Å²) in [5, 5.41) is 9.42. The molecule has 0 unspecified atom stereocenters. The highest BCUT2D eigenvalue weighted by Gasteiger charge is 2.85. The zero-order chi connectivity index (χ0) is 43.1. The highest BCUT2D eigenvalue weighted by atomic mass is 32.2. The number of carbonyl (C=O) groups is 5. The maximum atomic E-state index is 15.3. The van der Waals surface area contributed by atoms with E-state index in [9.17, 15) is 27.6 Å². The molecule has 0 bridgehead atoms. The van der Waals surface area contributed by atoms with Gasteiger partial charge in [0, 0.05) is 12.0 Å². The van der Waals surface area contributed by atoms with Gasteiger partial charge in [-0.1, -0.05) is 81.1 Å². The van der Waals surface area contributed by atoms with Gasteiger partial charge in [-0.25, -0.2) is 8.42 Å². The summed E-state index contributed by atoms with van der Waals surface area (Å²) in [5.41, 5.74) is -2.59. The van der Waals surface area contributed by atoms with Gasteiger partial charge in [0.2, 0.25) is 33.7 Å². The Balaban J connectivity index is 1.17. The molecule has 2 aliphatic heterocycles. The molecule has 0 aromatic rings. The van der Waals surface area contributed by atoms with Gasteiger partial charge < -0.3 is 20.9 Å². The van der Waals surface area contributed by atoms with Gasteiger partial charge in [0.25, 0.3) is 5.91 Å². The van der Waals surface area contributed by atoms with Crippen LogP contribution in [0.1, 0.15) is 159 Å². The second kappa shape index (κ2) is 15.3. The summed E-state index contributed by atoms with van der Waals surface area (Å²) in [6.45, 7) is 20.0. The number of rotatable bonds is 14. The summed E-state index contributed by atoms with van der Waals surface area (Å²) < 4.78 is 27.9. The third-order valence-electron chi connectivity index (χ3n) is 17.0. The van der Waals surface area contributed by atoms with Crippen LogP contribution in [0, 0.1) is 39.4 Å². The number of likely N-dealkylation sites (N-methyl/N-ethyl adjacent to an activating group) is 1. The van der Waals surface area contributed by atoms with Crippen LogP contribution in [0.25, 0.3) is 0 Å². The van der Waals surface area contributed by atoms with E-state index in [0.717, 1.165) is 77.3 Å². The second-order valence-electron chi connectivity index (χ2n) is 22.2. The molecule has 7 fully saturated rings. The van der Waals surface area contributed by atoms with Crippen molar-refractivity contribution in [2.75, 3.05) is 19.6 Å². The predicted octanol–water partition coefficient (Wildman–Crippen LogP) is 4.78. The number of hydrogen-bond acceptors (Lipinski definition) is 8. The molecule has 2 heterocycles. The van der Waals surface area contributed by atoms with Gasteiger partial charge >= 0.3 is 0 Å². The van der Waals surface area contributed by atoms with Crippen molar-refractivity contribution in [3.05, 3.63) is 0 Å². The Bertz CT molecular complexity index is 1810. The molecule has 2 saturated heterocycles. The summed E-state index contributed by atoms with van der Waals surface area (Å²) in [6, 6.07) is -2.99. The normalized spacial score (nSPS) is 32.9. The average molecular weight is 843 g/mol. The number of hydrogen-bond donors (Lipinski definition) is 4. The number of amides is 5. The first-order chi connectivity index (χ1) is 27.5.